The number of aliphatic imine (C=N–C) groups is 1. The van der Waals surface area contributed by atoms with Crippen molar-refractivity contribution in [1.82, 2.24) is 29.8 Å². The standard InChI is InChI=1S/C20H26ClN9O3S/c1-10-11(8-12(33-10)34-29(2)3)18(32)30-6-4-20(5-7-30)9-24-19(28-20)27-17(31)13-15(22)26-16(23)14(21)25-13/h8H,4-7,9H2,1-3H3,(H4,22,23,26)(H2,24,27,28,31). The van der Waals surface area contributed by atoms with Gasteiger partial charge in [0.25, 0.3) is 11.8 Å². The molecule has 2 aliphatic rings. The van der Waals surface area contributed by atoms with Gasteiger partial charge in [0.2, 0.25) is 0 Å². The van der Waals surface area contributed by atoms with Crippen LogP contribution in [0.15, 0.2) is 20.6 Å². The van der Waals surface area contributed by atoms with Crippen molar-refractivity contribution in [1.29, 1.82) is 0 Å². The third kappa shape index (κ3) is 4.91. The van der Waals surface area contributed by atoms with Crippen LogP contribution >= 0.6 is 23.5 Å². The molecule has 1 spiro atoms. The van der Waals surface area contributed by atoms with Crippen LogP contribution in [0.1, 0.15) is 39.4 Å². The molecule has 4 heterocycles. The fourth-order valence-electron chi connectivity index (χ4n) is 3.89. The summed E-state index contributed by atoms with van der Waals surface area (Å²) in [4.78, 5) is 39.6. The molecule has 182 valence electrons. The van der Waals surface area contributed by atoms with Crippen LogP contribution < -0.4 is 22.1 Å². The highest BCUT2D eigenvalue weighted by atomic mass is 35.5. The topological polar surface area (TPSA) is 168 Å². The van der Waals surface area contributed by atoms with Gasteiger partial charge < -0.3 is 26.1 Å². The maximum absolute atomic E-state index is 13.1. The lowest BCUT2D eigenvalue weighted by Gasteiger charge is -2.39. The van der Waals surface area contributed by atoms with E-state index in [0.29, 0.717) is 54.9 Å². The van der Waals surface area contributed by atoms with Gasteiger partial charge in [0.1, 0.15) is 5.76 Å². The first-order valence-electron chi connectivity index (χ1n) is 10.5. The normalized spacial score (nSPS) is 17.1. The Morgan fingerprint density at radius 2 is 1.97 bits per heavy atom. The number of nitrogens with one attached hydrogen (secondary N) is 2. The summed E-state index contributed by atoms with van der Waals surface area (Å²) in [6.07, 6.45) is 1.35. The van der Waals surface area contributed by atoms with Crippen LogP contribution in [0.4, 0.5) is 11.6 Å². The Morgan fingerprint density at radius 3 is 2.65 bits per heavy atom. The zero-order valence-corrected chi connectivity index (χ0v) is 20.6. The van der Waals surface area contributed by atoms with Gasteiger partial charge in [0.05, 0.1) is 17.6 Å². The second-order valence-electron chi connectivity index (χ2n) is 8.39. The molecule has 34 heavy (non-hydrogen) atoms. The number of furan rings is 1. The summed E-state index contributed by atoms with van der Waals surface area (Å²) in [6, 6.07) is 1.79. The average Bonchev–Trinajstić information content (AvgIpc) is 3.33. The number of nitrogen functional groups attached to an aromatic ring is 2. The van der Waals surface area contributed by atoms with Gasteiger partial charge in [-0.3, -0.25) is 19.9 Å². The van der Waals surface area contributed by atoms with Crippen LogP contribution in [-0.4, -0.2) is 76.2 Å². The number of hydrogen-bond acceptors (Lipinski definition) is 11. The Morgan fingerprint density at radius 1 is 1.26 bits per heavy atom. The number of carbonyl (C=O) groups excluding carboxylic acids is 2. The highest BCUT2D eigenvalue weighted by Crippen LogP contribution is 2.30. The number of rotatable bonds is 4. The van der Waals surface area contributed by atoms with Gasteiger partial charge in [0.15, 0.2) is 33.5 Å². The molecule has 0 bridgehead atoms. The van der Waals surface area contributed by atoms with E-state index >= 15 is 0 Å². The third-order valence-electron chi connectivity index (χ3n) is 5.68. The maximum Gasteiger partial charge on any atom is 0.280 e. The molecule has 2 amide bonds. The monoisotopic (exact) mass is 507 g/mol. The predicted octanol–water partition coefficient (Wildman–Crippen LogP) is 1.13. The molecule has 2 aromatic heterocycles. The van der Waals surface area contributed by atoms with Crippen LogP contribution in [0.2, 0.25) is 5.15 Å². The lowest BCUT2D eigenvalue weighted by molar-refractivity contribution is 0.0667. The van der Waals surface area contributed by atoms with Gasteiger partial charge in [-0.15, -0.1) is 0 Å². The van der Waals surface area contributed by atoms with Crippen molar-refractivity contribution in [3.63, 3.8) is 0 Å². The van der Waals surface area contributed by atoms with Crippen molar-refractivity contribution in [3.05, 3.63) is 28.2 Å². The molecular weight excluding hydrogens is 482 g/mol. The number of likely N-dealkylation sites (tertiary alicyclic amines) is 1. The van der Waals surface area contributed by atoms with Crippen molar-refractivity contribution in [2.24, 2.45) is 4.99 Å². The Hall–Kier alpha value is -3.03. The number of hydrogen-bond donors (Lipinski definition) is 4. The number of guanidine groups is 1. The van der Waals surface area contributed by atoms with Crippen LogP contribution in [0.5, 0.6) is 0 Å². The summed E-state index contributed by atoms with van der Waals surface area (Å²) in [5.74, 6) is 0.0990. The number of nitrogens with two attached hydrogens (primary N) is 2. The fourth-order valence-corrected chi connectivity index (χ4v) is 4.71. The quantitative estimate of drug-likeness (QED) is 0.440. The maximum atomic E-state index is 13.1. The van der Waals surface area contributed by atoms with Gasteiger partial charge >= 0.3 is 0 Å². The van der Waals surface area contributed by atoms with E-state index in [1.165, 1.54) is 11.9 Å². The molecule has 14 heteroatoms. The summed E-state index contributed by atoms with van der Waals surface area (Å²) in [7, 11) is 3.82. The van der Waals surface area contributed by atoms with Gasteiger partial charge in [0, 0.05) is 19.2 Å². The first-order chi connectivity index (χ1) is 16.1. The minimum Gasteiger partial charge on any atom is -0.453 e. The van der Waals surface area contributed by atoms with E-state index in [2.05, 4.69) is 25.6 Å². The van der Waals surface area contributed by atoms with E-state index in [4.69, 9.17) is 27.5 Å². The molecule has 0 aromatic carbocycles. The van der Waals surface area contributed by atoms with E-state index in [1.54, 1.807) is 13.0 Å². The van der Waals surface area contributed by atoms with Crippen molar-refractivity contribution < 1.29 is 14.0 Å². The van der Waals surface area contributed by atoms with Crippen LogP contribution in [0.25, 0.3) is 0 Å². The summed E-state index contributed by atoms with van der Waals surface area (Å²) >= 11 is 7.28. The lowest BCUT2D eigenvalue weighted by Crippen LogP contribution is -2.57. The highest BCUT2D eigenvalue weighted by molar-refractivity contribution is 7.96. The number of nitrogens with zero attached hydrogens (tertiary/aromatic N) is 5. The first-order valence-corrected chi connectivity index (χ1v) is 11.7. The molecule has 1 fully saturated rings. The summed E-state index contributed by atoms with van der Waals surface area (Å²) in [6.45, 7) is 3.37. The van der Waals surface area contributed by atoms with E-state index in [9.17, 15) is 9.59 Å². The molecular formula is C20H26ClN9O3S. The minimum atomic E-state index is -0.593. The van der Waals surface area contributed by atoms with Crippen molar-refractivity contribution in [2.45, 2.75) is 30.4 Å². The molecule has 0 radical (unpaired) electrons. The molecule has 1 saturated heterocycles. The second kappa shape index (κ2) is 9.31. The number of amides is 2. The van der Waals surface area contributed by atoms with E-state index < -0.39 is 5.91 Å². The predicted molar refractivity (Wildman–Crippen MR) is 130 cm³/mol. The largest absolute Gasteiger partial charge is 0.453 e. The number of aryl methyl sites for hydroxylation is 1. The molecule has 6 N–H and O–H groups in total. The smallest absolute Gasteiger partial charge is 0.280 e. The number of carbonyl (C=O) groups is 2. The van der Waals surface area contributed by atoms with Crippen LogP contribution in [0.3, 0.4) is 0 Å². The number of halogens is 1. The Kier molecular flexibility index (Phi) is 6.60. The molecule has 2 aliphatic heterocycles. The Balaban J connectivity index is 1.34. The van der Waals surface area contributed by atoms with E-state index in [-0.39, 0.29) is 33.9 Å². The molecule has 0 aliphatic carbocycles. The number of aromatic nitrogens is 2. The van der Waals surface area contributed by atoms with Crippen LogP contribution in [-0.2, 0) is 0 Å². The minimum absolute atomic E-state index is 0.0504. The zero-order valence-electron chi connectivity index (χ0n) is 19.0. The van der Waals surface area contributed by atoms with Gasteiger partial charge in [-0.2, -0.15) is 0 Å². The molecule has 4 rings (SSSR count). The van der Waals surface area contributed by atoms with Gasteiger partial charge in [-0.25, -0.2) is 14.3 Å². The molecule has 0 saturated carbocycles. The summed E-state index contributed by atoms with van der Waals surface area (Å²) in [5.41, 5.74) is 11.4. The highest BCUT2D eigenvalue weighted by Gasteiger charge is 2.40. The first kappa shape index (κ1) is 24.1. The van der Waals surface area contributed by atoms with Crippen molar-refractivity contribution in [3.8, 4) is 0 Å². The van der Waals surface area contributed by atoms with E-state index in [1.807, 2.05) is 23.3 Å². The SMILES string of the molecule is Cc1oc(SN(C)C)cc1C(=O)N1CCC2(CC1)CN=C(NC(=O)c1nc(Cl)c(N)nc1N)N2. The fraction of sp³-hybridized carbons (Fsp3) is 0.450. The Labute approximate surface area is 205 Å². The molecule has 2 aromatic rings. The van der Waals surface area contributed by atoms with Crippen molar-refractivity contribution in [2.75, 3.05) is 45.2 Å². The summed E-state index contributed by atoms with van der Waals surface area (Å²) in [5, 5.41) is 6.53. The van der Waals surface area contributed by atoms with Gasteiger partial charge in [-0.05, 0) is 45.8 Å². The number of anilines is 2. The third-order valence-corrected chi connectivity index (χ3v) is 6.71. The number of piperidine rings is 1. The summed E-state index contributed by atoms with van der Waals surface area (Å²) < 4.78 is 7.61. The van der Waals surface area contributed by atoms with Crippen molar-refractivity contribution >= 4 is 53.0 Å². The molecule has 0 unspecified atom stereocenters. The lowest BCUT2D eigenvalue weighted by atomic mass is 9.88. The van der Waals surface area contributed by atoms with Crippen LogP contribution in [0, 0.1) is 6.92 Å². The second-order valence-corrected chi connectivity index (χ2v) is 10.1. The molecule has 12 nitrogen and oxygen atoms in total. The average molecular weight is 508 g/mol. The Bertz CT molecular complexity index is 1160. The van der Waals surface area contributed by atoms with Gasteiger partial charge in [-0.1, -0.05) is 11.6 Å². The van der Waals surface area contributed by atoms with E-state index in [0.717, 1.165) is 0 Å². The zero-order chi connectivity index (χ0) is 24.6. The molecule has 0 atom stereocenters.